The largest absolute Gasteiger partial charge is 0.466 e. The molecule has 1 saturated heterocycles. The van der Waals surface area contributed by atoms with E-state index in [2.05, 4.69) is 0 Å². The predicted octanol–water partition coefficient (Wildman–Crippen LogP) is 2.29. The first kappa shape index (κ1) is 11.5. The Labute approximate surface area is 85.8 Å². The van der Waals surface area contributed by atoms with Crippen LogP contribution in [0.25, 0.3) is 0 Å². The summed E-state index contributed by atoms with van der Waals surface area (Å²) in [5.74, 6) is -0.0803. The van der Waals surface area contributed by atoms with Crippen molar-refractivity contribution in [2.24, 2.45) is 0 Å². The van der Waals surface area contributed by atoms with Gasteiger partial charge in [-0.2, -0.15) is 0 Å². The lowest BCUT2D eigenvalue weighted by atomic mass is 10.0. The van der Waals surface area contributed by atoms with Crippen LogP contribution < -0.4 is 0 Å². The first-order valence-corrected chi connectivity index (χ1v) is 5.60. The molecule has 0 amide bonds. The summed E-state index contributed by atoms with van der Waals surface area (Å²) in [4.78, 5) is 11.0. The van der Waals surface area contributed by atoms with Gasteiger partial charge in [0, 0.05) is 13.0 Å². The van der Waals surface area contributed by atoms with E-state index in [9.17, 15) is 4.79 Å². The molecular weight excluding hydrogens is 180 g/mol. The molecule has 1 aliphatic heterocycles. The molecule has 1 aliphatic rings. The molecule has 82 valence electrons. The van der Waals surface area contributed by atoms with Gasteiger partial charge in [0.15, 0.2) is 0 Å². The van der Waals surface area contributed by atoms with Crippen LogP contribution in [0.5, 0.6) is 0 Å². The lowest BCUT2D eigenvalue weighted by Crippen LogP contribution is -2.19. The van der Waals surface area contributed by atoms with Gasteiger partial charge in [0.1, 0.15) is 0 Å². The van der Waals surface area contributed by atoms with Gasteiger partial charge in [0.25, 0.3) is 0 Å². The van der Waals surface area contributed by atoms with Crippen molar-refractivity contribution >= 4 is 5.97 Å². The van der Waals surface area contributed by atoms with Crippen LogP contribution in [0.15, 0.2) is 0 Å². The molecule has 0 saturated carbocycles. The van der Waals surface area contributed by atoms with Crippen LogP contribution in [-0.4, -0.2) is 25.3 Å². The van der Waals surface area contributed by atoms with Crippen molar-refractivity contribution in [2.75, 3.05) is 13.2 Å². The molecule has 0 aromatic heterocycles. The number of hydrogen-bond acceptors (Lipinski definition) is 3. The van der Waals surface area contributed by atoms with Gasteiger partial charge in [0.2, 0.25) is 0 Å². The highest BCUT2D eigenvalue weighted by molar-refractivity contribution is 5.69. The van der Waals surface area contributed by atoms with E-state index in [4.69, 9.17) is 9.47 Å². The van der Waals surface area contributed by atoms with Gasteiger partial charge in [-0.1, -0.05) is 0 Å². The van der Waals surface area contributed by atoms with E-state index in [0.717, 1.165) is 25.9 Å². The summed E-state index contributed by atoms with van der Waals surface area (Å²) in [7, 11) is 0. The van der Waals surface area contributed by atoms with Gasteiger partial charge in [-0.3, -0.25) is 4.79 Å². The smallest absolute Gasteiger partial charge is 0.305 e. The number of esters is 1. The highest BCUT2D eigenvalue weighted by Gasteiger charge is 2.13. The molecule has 1 atom stereocenters. The maximum absolute atomic E-state index is 11.0. The standard InChI is InChI=1S/C11H20O3/c1-2-13-11(12)8-5-7-10-6-3-4-9-14-10/h10H,2-9H2,1H3. The normalized spacial score (nSPS) is 21.9. The zero-order valence-electron chi connectivity index (χ0n) is 8.96. The van der Waals surface area contributed by atoms with Gasteiger partial charge in [-0.05, 0) is 39.0 Å². The average molecular weight is 200 g/mol. The van der Waals surface area contributed by atoms with Crippen LogP contribution in [0.1, 0.15) is 45.4 Å². The molecule has 1 unspecified atom stereocenters. The van der Waals surface area contributed by atoms with E-state index in [-0.39, 0.29) is 5.97 Å². The molecule has 0 bridgehead atoms. The maximum atomic E-state index is 11.0. The number of carbonyl (C=O) groups is 1. The molecule has 3 heteroatoms. The van der Waals surface area contributed by atoms with Crippen molar-refractivity contribution in [3.05, 3.63) is 0 Å². The van der Waals surface area contributed by atoms with E-state index in [1.165, 1.54) is 12.8 Å². The third kappa shape index (κ3) is 4.61. The Morgan fingerprint density at radius 1 is 1.50 bits per heavy atom. The molecule has 0 aromatic carbocycles. The highest BCUT2D eigenvalue weighted by Crippen LogP contribution is 2.17. The van der Waals surface area contributed by atoms with E-state index in [1.807, 2.05) is 6.92 Å². The predicted molar refractivity (Wildman–Crippen MR) is 54.1 cm³/mol. The molecule has 0 aromatic rings. The first-order chi connectivity index (χ1) is 6.83. The van der Waals surface area contributed by atoms with Crippen LogP contribution in [0.4, 0.5) is 0 Å². The van der Waals surface area contributed by atoms with E-state index in [1.54, 1.807) is 0 Å². The Balaban J connectivity index is 1.99. The Hall–Kier alpha value is -0.570. The second-order valence-electron chi connectivity index (χ2n) is 3.69. The molecule has 0 spiro atoms. The van der Waals surface area contributed by atoms with Crippen molar-refractivity contribution in [2.45, 2.75) is 51.6 Å². The zero-order chi connectivity index (χ0) is 10.2. The summed E-state index contributed by atoms with van der Waals surface area (Å²) < 4.78 is 10.4. The minimum atomic E-state index is -0.0803. The average Bonchev–Trinajstić information content (AvgIpc) is 2.20. The summed E-state index contributed by atoms with van der Waals surface area (Å²) in [5.41, 5.74) is 0. The summed E-state index contributed by atoms with van der Waals surface area (Å²) in [6.07, 6.45) is 6.43. The molecular formula is C11H20O3. The summed E-state index contributed by atoms with van der Waals surface area (Å²) in [6, 6.07) is 0. The van der Waals surface area contributed by atoms with Crippen LogP contribution in [0.2, 0.25) is 0 Å². The monoisotopic (exact) mass is 200 g/mol. The van der Waals surface area contributed by atoms with E-state index < -0.39 is 0 Å². The van der Waals surface area contributed by atoms with Gasteiger partial charge < -0.3 is 9.47 Å². The number of hydrogen-bond donors (Lipinski definition) is 0. The fraction of sp³-hybridized carbons (Fsp3) is 0.909. The van der Waals surface area contributed by atoms with Crippen LogP contribution in [0.3, 0.4) is 0 Å². The van der Waals surface area contributed by atoms with Crippen LogP contribution in [-0.2, 0) is 14.3 Å². The van der Waals surface area contributed by atoms with Crippen LogP contribution >= 0.6 is 0 Å². The van der Waals surface area contributed by atoms with E-state index in [0.29, 0.717) is 19.1 Å². The Bertz CT molecular complexity index is 162. The Morgan fingerprint density at radius 3 is 3.00 bits per heavy atom. The molecule has 3 nitrogen and oxygen atoms in total. The molecule has 14 heavy (non-hydrogen) atoms. The van der Waals surface area contributed by atoms with Crippen molar-refractivity contribution in [1.82, 2.24) is 0 Å². The number of ether oxygens (including phenoxy) is 2. The molecule has 1 rings (SSSR count). The molecule has 1 fully saturated rings. The number of rotatable bonds is 5. The third-order valence-electron chi connectivity index (χ3n) is 2.49. The molecule has 0 N–H and O–H groups in total. The van der Waals surface area contributed by atoms with Gasteiger partial charge in [0.05, 0.1) is 12.7 Å². The topological polar surface area (TPSA) is 35.5 Å². The van der Waals surface area contributed by atoms with Crippen molar-refractivity contribution in [3.8, 4) is 0 Å². The SMILES string of the molecule is CCOC(=O)CCCC1CCCCO1. The van der Waals surface area contributed by atoms with Crippen LogP contribution in [0, 0.1) is 0 Å². The van der Waals surface area contributed by atoms with Crippen molar-refractivity contribution < 1.29 is 14.3 Å². The third-order valence-corrected chi connectivity index (χ3v) is 2.49. The van der Waals surface area contributed by atoms with Crippen molar-refractivity contribution in [1.29, 1.82) is 0 Å². The number of carbonyl (C=O) groups excluding carboxylic acids is 1. The van der Waals surface area contributed by atoms with Gasteiger partial charge in [-0.15, -0.1) is 0 Å². The summed E-state index contributed by atoms with van der Waals surface area (Å²) in [6.45, 7) is 3.21. The fourth-order valence-corrected chi connectivity index (χ4v) is 1.74. The molecule has 0 aliphatic carbocycles. The lowest BCUT2D eigenvalue weighted by molar-refractivity contribution is -0.143. The maximum Gasteiger partial charge on any atom is 0.305 e. The lowest BCUT2D eigenvalue weighted by Gasteiger charge is -2.22. The molecule has 1 heterocycles. The Kier molecular flexibility index (Phi) is 5.60. The van der Waals surface area contributed by atoms with Crippen molar-refractivity contribution in [3.63, 3.8) is 0 Å². The minimum absolute atomic E-state index is 0.0803. The Morgan fingerprint density at radius 2 is 2.36 bits per heavy atom. The second-order valence-corrected chi connectivity index (χ2v) is 3.69. The van der Waals surface area contributed by atoms with Gasteiger partial charge in [-0.25, -0.2) is 0 Å². The summed E-state index contributed by atoms with van der Waals surface area (Å²) >= 11 is 0. The van der Waals surface area contributed by atoms with E-state index >= 15 is 0 Å². The fourth-order valence-electron chi connectivity index (χ4n) is 1.74. The molecule has 0 radical (unpaired) electrons. The zero-order valence-corrected chi connectivity index (χ0v) is 8.96. The first-order valence-electron chi connectivity index (χ1n) is 5.60. The minimum Gasteiger partial charge on any atom is -0.466 e. The summed E-state index contributed by atoms with van der Waals surface area (Å²) in [5, 5.41) is 0. The highest BCUT2D eigenvalue weighted by atomic mass is 16.5. The van der Waals surface area contributed by atoms with Gasteiger partial charge >= 0.3 is 5.97 Å². The quantitative estimate of drug-likeness (QED) is 0.639. The second kappa shape index (κ2) is 6.82.